The molecule has 37 heavy (non-hydrogen) atoms. The Morgan fingerprint density at radius 2 is 1.57 bits per heavy atom. The van der Waals surface area contributed by atoms with Crippen molar-refractivity contribution in [3.05, 3.63) is 40.9 Å². The molecule has 3 aliphatic rings. The number of rotatable bonds is 6. The van der Waals surface area contributed by atoms with Gasteiger partial charge in [-0.25, -0.2) is 0 Å². The summed E-state index contributed by atoms with van der Waals surface area (Å²) in [7, 11) is 0. The van der Waals surface area contributed by atoms with Crippen LogP contribution in [-0.4, -0.2) is 47.8 Å². The third kappa shape index (κ3) is 6.48. The van der Waals surface area contributed by atoms with E-state index in [1.54, 1.807) is 0 Å². The number of piperidine rings is 2. The number of nitrogens with zero attached hydrogens (tertiary/aromatic N) is 4. The third-order valence-corrected chi connectivity index (χ3v) is 8.90. The molecule has 2 N–H and O–H groups in total. The topological polar surface area (TPSA) is 56.3 Å². The molecule has 5 rings (SSSR count). The minimum atomic E-state index is 0.0814. The van der Waals surface area contributed by atoms with Crippen LogP contribution in [0.15, 0.2) is 30.3 Å². The Morgan fingerprint density at radius 3 is 2.22 bits per heavy atom. The first-order chi connectivity index (χ1) is 17.9. The van der Waals surface area contributed by atoms with Crippen LogP contribution in [0, 0.1) is 11.8 Å². The maximum atomic E-state index is 6.17. The predicted octanol–water partition coefficient (Wildman–Crippen LogP) is 6.40. The van der Waals surface area contributed by atoms with Gasteiger partial charge in [-0.1, -0.05) is 50.4 Å². The Balaban J connectivity index is 1.32. The van der Waals surface area contributed by atoms with Gasteiger partial charge in [0, 0.05) is 49.2 Å². The van der Waals surface area contributed by atoms with E-state index in [1.165, 1.54) is 44.1 Å². The molecule has 1 aromatic carbocycles. The molecular formula is C29H41ClN6S. The van der Waals surface area contributed by atoms with Gasteiger partial charge in [0.05, 0.1) is 0 Å². The van der Waals surface area contributed by atoms with Gasteiger partial charge in [0.1, 0.15) is 11.6 Å². The van der Waals surface area contributed by atoms with Crippen molar-refractivity contribution in [3.63, 3.8) is 0 Å². The second-order valence-corrected chi connectivity index (χ2v) is 12.5. The van der Waals surface area contributed by atoms with Gasteiger partial charge in [-0.3, -0.25) is 0 Å². The quantitative estimate of drug-likeness (QED) is 0.411. The molecule has 200 valence electrons. The number of anilines is 3. The van der Waals surface area contributed by atoms with Crippen LogP contribution in [0.1, 0.15) is 70.8 Å². The van der Waals surface area contributed by atoms with Gasteiger partial charge in [0.2, 0.25) is 5.95 Å². The summed E-state index contributed by atoms with van der Waals surface area (Å²) in [6, 6.07) is 10.5. The van der Waals surface area contributed by atoms with Crippen molar-refractivity contribution >= 4 is 46.5 Å². The summed E-state index contributed by atoms with van der Waals surface area (Å²) in [5.74, 6) is 3.92. The zero-order valence-corrected chi connectivity index (χ0v) is 23.9. The molecule has 8 heteroatoms. The largest absolute Gasteiger partial charge is 0.361 e. The Labute approximate surface area is 232 Å². The number of hydrogen-bond acceptors (Lipinski definition) is 5. The van der Waals surface area contributed by atoms with Crippen molar-refractivity contribution in [2.45, 2.75) is 70.6 Å². The molecule has 6 nitrogen and oxygen atoms in total. The molecule has 2 atom stereocenters. The average molecular weight is 541 g/mol. The SMILES string of the molecule is C[C@@H]1C[C@@H](C)CN(c2cc(N3CCCCC3)nc(NC(=S)NCC3(c4ccc(Cl)cc4)CCCC3)n2)C1. The minimum Gasteiger partial charge on any atom is -0.361 e. The van der Waals surface area contributed by atoms with Crippen molar-refractivity contribution in [2.24, 2.45) is 11.8 Å². The summed E-state index contributed by atoms with van der Waals surface area (Å²) in [6.07, 6.45) is 9.78. The zero-order chi connectivity index (χ0) is 25.8. The summed E-state index contributed by atoms with van der Waals surface area (Å²) in [4.78, 5) is 14.7. The molecular weight excluding hydrogens is 500 g/mol. The Kier molecular flexibility index (Phi) is 8.40. The highest BCUT2D eigenvalue weighted by Crippen LogP contribution is 2.41. The van der Waals surface area contributed by atoms with Gasteiger partial charge in [-0.05, 0) is 80.3 Å². The minimum absolute atomic E-state index is 0.0814. The molecule has 1 aromatic heterocycles. The molecule has 1 saturated carbocycles. The Morgan fingerprint density at radius 1 is 0.946 bits per heavy atom. The highest BCUT2D eigenvalue weighted by molar-refractivity contribution is 7.80. The first-order valence-corrected chi connectivity index (χ1v) is 14.9. The van der Waals surface area contributed by atoms with E-state index < -0.39 is 0 Å². The molecule has 2 aliphatic heterocycles. The van der Waals surface area contributed by atoms with E-state index in [4.69, 9.17) is 33.8 Å². The van der Waals surface area contributed by atoms with Crippen molar-refractivity contribution in [2.75, 3.05) is 47.8 Å². The third-order valence-electron chi connectivity index (χ3n) is 8.40. The standard InChI is InChI=1S/C29H41ClN6S/c1-21-16-22(2)19-36(18-21)26-17-25(35-14-6-3-7-15-35)32-27(33-26)34-28(37)31-20-29(12-4-5-13-29)23-8-10-24(30)11-9-23/h8-11,17,21-22H,3-7,12-16,18-20H2,1-2H3,(H2,31,32,33,34,37)/t21-,22-/m1/s1. The summed E-state index contributed by atoms with van der Waals surface area (Å²) in [5, 5.41) is 8.23. The summed E-state index contributed by atoms with van der Waals surface area (Å²) >= 11 is 11.9. The van der Waals surface area contributed by atoms with Crippen LogP contribution in [0.4, 0.5) is 17.6 Å². The number of halogens is 1. The monoisotopic (exact) mass is 540 g/mol. The molecule has 3 fully saturated rings. The first-order valence-electron chi connectivity index (χ1n) is 14.1. The zero-order valence-electron chi connectivity index (χ0n) is 22.3. The van der Waals surface area contributed by atoms with Gasteiger partial charge >= 0.3 is 0 Å². The normalized spacial score (nSPS) is 23.6. The van der Waals surface area contributed by atoms with E-state index in [9.17, 15) is 0 Å². The average Bonchev–Trinajstić information content (AvgIpc) is 3.38. The van der Waals surface area contributed by atoms with E-state index >= 15 is 0 Å². The molecule has 0 bridgehead atoms. The van der Waals surface area contributed by atoms with Crippen molar-refractivity contribution < 1.29 is 0 Å². The fourth-order valence-corrected chi connectivity index (χ4v) is 6.88. The second kappa shape index (κ2) is 11.7. The smallest absolute Gasteiger partial charge is 0.232 e. The van der Waals surface area contributed by atoms with Crippen molar-refractivity contribution in [1.82, 2.24) is 15.3 Å². The molecule has 2 saturated heterocycles. The molecule has 0 spiro atoms. The van der Waals surface area contributed by atoms with Gasteiger partial charge < -0.3 is 20.4 Å². The number of thiocarbonyl (C=S) groups is 1. The van der Waals surface area contributed by atoms with Crippen LogP contribution in [0.3, 0.4) is 0 Å². The molecule has 2 aromatic rings. The molecule has 0 amide bonds. The number of nitrogens with one attached hydrogen (secondary N) is 2. The van der Waals surface area contributed by atoms with Crippen molar-refractivity contribution in [1.29, 1.82) is 0 Å². The van der Waals surface area contributed by atoms with Crippen molar-refractivity contribution in [3.8, 4) is 0 Å². The van der Waals surface area contributed by atoms with Gasteiger partial charge in [0.15, 0.2) is 5.11 Å². The molecule has 1 aliphatic carbocycles. The fraction of sp³-hybridized carbons (Fsp3) is 0.621. The van der Waals surface area contributed by atoms with Gasteiger partial charge in [0.25, 0.3) is 0 Å². The Bertz CT molecular complexity index is 1050. The lowest BCUT2D eigenvalue weighted by molar-refractivity contribution is 0.355. The molecule has 0 radical (unpaired) electrons. The fourth-order valence-electron chi connectivity index (χ4n) is 6.59. The summed E-state index contributed by atoms with van der Waals surface area (Å²) in [6.45, 7) is 9.64. The lowest BCUT2D eigenvalue weighted by Gasteiger charge is -2.36. The highest BCUT2D eigenvalue weighted by Gasteiger charge is 2.35. The number of aromatic nitrogens is 2. The predicted molar refractivity (Wildman–Crippen MR) is 159 cm³/mol. The van der Waals surface area contributed by atoms with E-state index in [-0.39, 0.29) is 5.41 Å². The van der Waals surface area contributed by atoms with E-state index in [0.29, 0.717) is 22.9 Å². The maximum Gasteiger partial charge on any atom is 0.232 e. The summed E-state index contributed by atoms with van der Waals surface area (Å²) < 4.78 is 0. The van der Waals surface area contributed by atoms with E-state index in [0.717, 1.165) is 62.2 Å². The lowest BCUT2D eigenvalue weighted by atomic mass is 9.79. The number of hydrogen-bond donors (Lipinski definition) is 2. The van der Waals surface area contributed by atoms with E-state index in [2.05, 4.69) is 52.5 Å². The van der Waals surface area contributed by atoms with Crippen LogP contribution < -0.4 is 20.4 Å². The summed E-state index contributed by atoms with van der Waals surface area (Å²) in [5.41, 5.74) is 1.42. The Hall–Kier alpha value is -2.12. The van der Waals surface area contributed by atoms with Crippen LogP contribution in [0.5, 0.6) is 0 Å². The van der Waals surface area contributed by atoms with Crippen LogP contribution in [0.25, 0.3) is 0 Å². The van der Waals surface area contributed by atoms with Crippen LogP contribution >= 0.6 is 23.8 Å². The second-order valence-electron chi connectivity index (χ2n) is 11.6. The molecule has 3 heterocycles. The molecule has 0 unspecified atom stereocenters. The number of benzene rings is 1. The highest BCUT2D eigenvalue weighted by atomic mass is 35.5. The maximum absolute atomic E-state index is 6.17. The van der Waals surface area contributed by atoms with Gasteiger partial charge in [-0.15, -0.1) is 0 Å². The van der Waals surface area contributed by atoms with E-state index in [1.807, 2.05) is 12.1 Å². The van der Waals surface area contributed by atoms with Crippen LogP contribution in [-0.2, 0) is 5.41 Å². The van der Waals surface area contributed by atoms with Crippen LogP contribution in [0.2, 0.25) is 5.02 Å². The van der Waals surface area contributed by atoms with Gasteiger partial charge in [-0.2, -0.15) is 9.97 Å². The first kappa shape index (κ1) is 26.5. The lowest BCUT2D eigenvalue weighted by Crippen LogP contribution is -2.41.